The highest BCUT2D eigenvalue weighted by Gasteiger charge is 2.36. The molecule has 1 aromatic heterocycles. The number of hydrogen-bond donors (Lipinski definition) is 1. The molecule has 1 amide bonds. The Balaban J connectivity index is 1.58. The third kappa shape index (κ3) is 3.57. The summed E-state index contributed by atoms with van der Waals surface area (Å²) in [6, 6.07) is 14.7. The molecule has 30 heavy (non-hydrogen) atoms. The summed E-state index contributed by atoms with van der Waals surface area (Å²) in [5.41, 5.74) is 6.06. The van der Waals surface area contributed by atoms with Gasteiger partial charge in [-0.1, -0.05) is 48.5 Å². The zero-order chi connectivity index (χ0) is 21.3. The second-order valence-electron chi connectivity index (χ2n) is 7.45. The van der Waals surface area contributed by atoms with Crippen molar-refractivity contribution < 1.29 is 19.4 Å². The lowest BCUT2D eigenvalue weighted by Crippen LogP contribution is -2.43. The first kappa shape index (κ1) is 20.1. The van der Waals surface area contributed by atoms with Gasteiger partial charge in [0.05, 0.1) is 10.4 Å². The zero-order valence-electron chi connectivity index (χ0n) is 16.7. The van der Waals surface area contributed by atoms with Crippen LogP contribution >= 0.6 is 11.3 Å². The number of benzene rings is 2. The Morgan fingerprint density at radius 3 is 2.20 bits per heavy atom. The van der Waals surface area contributed by atoms with Crippen molar-refractivity contribution in [3.63, 3.8) is 0 Å². The molecular weight excluding hydrogens is 400 g/mol. The minimum Gasteiger partial charge on any atom is -0.479 e. The lowest BCUT2D eigenvalue weighted by molar-refractivity contribution is -0.143. The number of ether oxygens (including phenoxy) is 1. The second-order valence-corrected chi connectivity index (χ2v) is 8.37. The first-order valence-electron chi connectivity index (χ1n) is 9.73. The maximum atomic E-state index is 13.0. The Morgan fingerprint density at radius 2 is 1.70 bits per heavy atom. The molecule has 1 heterocycles. The summed E-state index contributed by atoms with van der Waals surface area (Å²) in [4.78, 5) is 30.7. The number of thiazole rings is 1. The Bertz CT molecular complexity index is 1020. The fourth-order valence-electron chi connectivity index (χ4n) is 4.02. The summed E-state index contributed by atoms with van der Waals surface area (Å²) < 4.78 is 5.70. The van der Waals surface area contributed by atoms with Crippen molar-refractivity contribution >= 4 is 23.4 Å². The Labute approximate surface area is 178 Å². The summed E-state index contributed by atoms with van der Waals surface area (Å²) in [5, 5.41) is 9.78. The molecule has 4 rings (SSSR count). The summed E-state index contributed by atoms with van der Waals surface area (Å²) in [6.07, 6.45) is 0.836. The molecule has 1 aliphatic rings. The number of amides is 1. The van der Waals surface area contributed by atoms with E-state index in [0.717, 1.165) is 22.3 Å². The molecule has 154 valence electrons. The van der Waals surface area contributed by atoms with E-state index >= 15 is 0 Å². The normalized spacial score (nSPS) is 13.6. The molecule has 0 fully saturated rings. The maximum absolute atomic E-state index is 13.0. The van der Waals surface area contributed by atoms with Gasteiger partial charge in [0, 0.05) is 18.2 Å². The van der Waals surface area contributed by atoms with E-state index in [0.29, 0.717) is 4.88 Å². The monoisotopic (exact) mass is 422 g/mol. The largest absolute Gasteiger partial charge is 0.479 e. The van der Waals surface area contributed by atoms with Crippen molar-refractivity contribution in [3.05, 3.63) is 76.2 Å². The Morgan fingerprint density at radius 1 is 1.10 bits per heavy atom. The average molecular weight is 423 g/mol. The fraction of sp³-hybridized carbons (Fsp3) is 0.261. The van der Waals surface area contributed by atoms with Gasteiger partial charge in [0.15, 0.2) is 6.04 Å². The van der Waals surface area contributed by atoms with Gasteiger partial charge in [0.25, 0.3) is 0 Å². The van der Waals surface area contributed by atoms with Gasteiger partial charge in [-0.15, -0.1) is 11.3 Å². The standard InChI is InChI=1S/C23H22N2O4S/c1-14(2)25(21(22(26)27)20-11-24-13-30-20)23(28)29-12-19-17-9-5-3-7-15(17)16-8-4-6-10-18(16)19/h3-11,13-14,19,21H,12H2,1-2H3,(H,26,27). The van der Waals surface area contributed by atoms with Gasteiger partial charge in [0.1, 0.15) is 6.61 Å². The van der Waals surface area contributed by atoms with Crippen molar-refractivity contribution in [3.8, 4) is 11.1 Å². The number of carbonyl (C=O) groups excluding carboxylic acids is 1. The molecular formula is C23H22N2O4S. The van der Waals surface area contributed by atoms with Gasteiger partial charge in [-0.05, 0) is 36.1 Å². The van der Waals surface area contributed by atoms with Crippen LogP contribution in [0.3, 0.4) is 0 Å². The smallest absolute Gasteiger partial charge is 0.411 e. The van der Waals surface area contributed by atoms with Gasteiger partial charge in [-0.25, -0.2) is 9.59 Å². The van der Waals surface area contributed by atoms with Gasteiger partial charge < -0.3 is 9.84 Å². The van der Waals surface area contributed by atoms with E-state index in [9.17, 15) is 14.7 Å². The molecule has 0 bridgehead atoms. The highest BCUT2D eigenvalue weighted by Crippen LogP contribution is 2.44. The Hall–Kier alpha value is -3.19. The van der Waals surface area contributed by atoms with E-state index in [1.54, 1.807) is 19.4 Å². The van der Waals surface area contributed by atoms with E-state index in [2.05, 4.69) is 17.1 Å². The number of nitrogens with zero attached hydrogens (tertiary/aromatic N) is 2. The van der Waals surface area contributed by atoms with Crippen LogP contribution < -0.4 is 0 Å². The van der Waals surface area contributed by atoms with Crippen LogP contribution in [0.25, 0.3) is 11.1 Å². The first-order valence-corrected chi connectivity index (χ1v) is 10.6. The predicted octanol–water partition coefficient (Wildman–Crippen LogP) is 4.93. The third-order valence-corrected chi connectivity index (χ3v) is 6.16. The Kier molecular flexibility index (Phi) is 5.55. The molecule has 0 saturated heterocycles. The van der Waals surface area contributed by atoms with Crippen LogP contribution in [-0.4, -0.2) is 39.7 Å². The van der Waals surface area contributed by atoms with E-state index in [1.807, 2.05) is 36.4 Å². The average Bonchev–Trinajstić information content (AvgIpc) is 3.36. The lowest BCUT2D eigenvalue weighted by Gasteiger charge is -2.31. The van der Waals surface area contributed by atoms with Gasteiger partial charge in [0.2, 0.25) is 0 Å². The molecule has 3 aromatic rings. The molecule has 0 saturated carbocycles. The first-order chi connectivity index (χ1) is 14.5. The van der Waals surface area contributed by atoms with Crippen molar-refractivity contribution in [1.82, 2.24) is 9.88 Å². The molecule has 1 atom stereocenters. The lowest BCUT2D eigenvalue weighted by atomic mass is 9.98. The molecule has 0 aliphatic heterocycles. The third-order valence-electron chi connectivity index (χ3n) is 5.34. The van der Waals surface area contributed by atoms with Crippen LogP contribution in [0.15, 0.2) is 60.2 Å². The highest BCUT2D eigenvalue weighted by atomic mass is 32.1. The second kappa shape index (κ2) is 8.28. The summed E-state index contributed by atoms with van der Waals surface area (Å²) >= 11 is 1.21. The van der Waals surface area contributed by atoms with E-state index in [-0.39, 0.29) is 18.6 Å². The van der Waals surface area contributed by atoms with Crippen LogP contribution in [0.2, 0.25) is 0 Å². The number of carboxylic acids is 1. The fourth-order valence-corrected chi connectivity index (χ4v) is 4.73. The number of hydrogen-bond acceptors (Lipinski definition) is 5. The van der Waals surface area contributed by atoms with Crippen molar-refractivity contribution in [1.29, 1.82) is 0 Å². The highest BCUT2D eigenvalue weighted by molar-refractivity contribution is 7.09. The SMILES string of the molecule is CC(C)N(C(=O)OCC1c2ccccc2-c2ccccc21)C(C(=O)O)c1cncs1. The minimum absolute atomic E-state index is 0.0814. The summed E-state index contributed by atoms with van der Waals surface area (Å²) in [7, 11) is 0. The van der Waals surface area contributed by atoms with Crippen molar-refractivity contribution in [2.45, 2.75) is 31.8 Å². The van der Waals surface area contributed by atoms with Crippen LogP contribution in [0.1, 0.15) is 41.8 Å². The minimum atomic E-state index is -1.13. The van der Waals surface area contributed by atoms with E-state index in [1.165, 1.54) is 22.4 Å². The van der Waals surface area contributed by atoms with Gasteiger partial charge in [-0.2, -0.15) is 0 Å². The molecule has 1 aliphatic carbocycles. The zero-order valence-corrected chi connectivity index (χ0v) is 17.5. The van der Waals surface area contributed by atoms with Gasteiger partial charge >= 0.3 is 12.1 Å². The number of carbonyl (C=O) groups is 2. The van der Waals surface area contributed by atoms with E-state index < -0.39 is 18.1 Å². The number of fused-ring (bicyclic) bond motifs is 3. The van der Waals surface area contributed by atoms with Crippen LogP contribution in [0.4, 0.5) is 4.79 Å². The molecule has 7 heteroatoms. The summed E-state index contributed by atoms with van der Waals surface area (Å²) in [5.74, 6) is -1.19. The number of rotatable bonds is 6. The molecule has 1 unspecified atom stereocenters. The van der Waals surface area contributed by atoms with Crippen LogP contribution in [0, 0.1) is 0 Å². The van der Waals surface area contributed by atoms with Gasteiger partial charge in [-0.3, -0.25) is 9.88 Å². The quantitative estimate of drug-likeness (QED) is 0.609. The molecule has 6 nitrogen and oxygen atoms in total. The van der Waals surface area contributed by atoms with Crippen molar-refractivity contribution in [2.75, 3.05) is 6.61 Å². The summed E-state index contributed by atoms with van der Waals surface area (Å²) in [6.45, 7) is 3.70. The molecule has 2 aromatic carbocycles. The maximum Gasteiger partial charge on any atom is 0.411 e. The molecule has 0 radical (unpaired) electrons. The number of aliphatic carboxylic acids is 1. The van der Waals surface area contributed by atoms with Crippen molar-refractivity contribution in [2.24, 2.45) is 0 Å². The predicted molar refractivity (Wildman–Crippen MR) is 115 cm³/mol. The number of carboxylic acid groups (broad SMARTS) is 1. The topological polar surface area (TPSA) is 79.7 Å². The molecule has 1 N–H and O–H groups in total. The molecule has 0 spiro atoms. The van der Waals surface area contributed by atoms with Crippen LogP contribution in [-0.2, 0) is 9.53 Å². The van der Waals surface area contributed by atoms with Crippen LogP contribution in [0.5, 0.6) is 0 Å². The number of aromatic nitrogens is 1. The van der Waals surface area contributed by atoms with E-state index in [4.69, 9.17) is 4.74 Å².